The molecule has 108 valence electrons. The minimum Gasteiger partial charge on any atom is -0.315 e. The predicted octanol–water partition coefficient (Wildman–Crippen LogP) is 1.58. The lowest BCUT2D eigenvalue weighted by Crippen LogP contribution is -2.43. The lowest BCUT2D eigenvalue weighted by Gasteiger charge is -2.24. The molecule has 0 saturated carbocycles. The Morgan fingerprint density at radius 2 is 2.17 bits per heavy atom. The molecule has 4 nitrogen and oxygen atoms in total. The van der Waals surface area contributed by atoms with Crippen LogP contribution in [0.5, 0.6) is 0 Å². The third kappa shape index (κ3) is 5.07. The number of hydrogen-bond acceptors (Lipinski definition) is 4. The molecule has 2 unspecified atom stereocenters. The summed E-state index contributed by atoms with van der Waals surface area (Å²) in [5.41, 5.74) is 0. The molecule has 0 bridgehead atoms. The molecule has 6 heteroatoms. The van der Waals surface area contributed by atoms with Crippen molar-refractivity contribution in [1.82, 2.24) is 10.0 Å². The standard InChI is InChI=1S/C12H26N2O2S2/c1-4-7-13-9-11(2)18(15,16)14-10-12(3)6-5-8-17-12/h11,13-14H,4-10H2,1-3H3. The van der Waals surface area contributed by atoms with Gasteiger partial charge in [-0.25, -0.2) is 13.1 Å². The van der Waals surface area contributed by atoms with Gasteiger partial charge in [0.25, 0.3) is 0 Å². The van der Waals surface area contributed by atoms with Gasteiger partial charge in [0.15, 0.2) is 0 Å². The first kappa shape index (κ1) is 16.3. The molecule has 1 fully saturated rings. The van der Waals surface area contributed by atoms with Crippen LogP contribution in [-0.4, -0.2) is 43.8 Å². The third-order valence-corrected chi connectivity index (χ3v) is 6.65. The monoisotopic (exact) mass is 294 g/mol. The summed E-state index contributed by atoms with van der Waals surface area (Å²) in [6, 6.07) is 0. The molecular weight excluding hydrogens is 268 g/mol. The highest BCUT2D eigenvalue weighted by Crippen LogP contribution is 2.37. The van der Waals surface area contributed by atoms with Gasteiger partial charge in [0.2, 0.25) is 10.0 Å². The summed E-state index contributed by atoms with van der Waals surface area (Å²) in [7, 11) is -3.19. The van der Waals surface area contributed by atoms with Crippen molar-refractivity contribution in [3.05, 3.63) is 0 Å². The predicted molar refractivity (Wildman–Crippen MR) is 79.6 cm³/mol. The Bertz CT molecular complexity index is 338. The van der Waals surface area contributed by atoms with Gasteiger partial charge in [0.05, 0.1) is 5.25 Å². The summed E-state index contributed by atoms with van der Waals surface area (Å²) < 4.78 is 27.0. The zero-order chi connectivity index (χ0) is 13.6. The number of thioether (sulfide) groups is 1. The van der Waals surface area contributed by atoms with E-state index in [9.17, 15) is 8.42 Å². The fraction of sp³-hybridized carbons (Fsp3) is 1.00. The van der Waals surface area contributed by atoms with Gasteiger partial charge < -0.3 is 5.32 Å². The van der Waals surface area contributed by atoms with Crippen LogP contribution in [0.1, 0.15) is 40.0 Å². The van der Waals surface area contributed by atoms with Crippen molar-refractivity contribution in [2.24, 2.45) is 0 Å². The molecule has 0 spiro atoms. The van der Waals surface area contributed by atoms with Gasteiger partial charge in [-0.3, -0.25) is 0 Å². The molecule has 0 aliphatic carbocycles. The summed E-state index contributed by atoms with van der Waals surface area (Å²) in [6.07, 6.45) is 3.31. The first-order valence-corrected chi connectivity index (χ1v) is 9.26. The van der Waals surface area contributed by atoms with Crippen molar-refractivity contribution < 1.29 is 8.42 Å². The lowest BCUT2D eigenvalue weighted by molar-refractivity contribution is 0.536. The van der Waals surface area contributed by atoms with Crippen molar-refractivity contribution in [2.45, 2.75) is 50.0 Å². The average molecular weight is 294 g/mol. The maximum Gasteiger partial charge on any atom is 0.215 e. The molecule has 0 aromatic carbocycles. The van der Waals surface area contributed by atoms with Gasteiger partial charge in [-0.15, -0.1) is 0 Å². The molecule has 1 saturated heterocycles. The largest absolute Gasteiger partial charge is 0.315 e. The first-order chi connectivity index (χ1) is 8.40. The molecule has 1 rings (SSSR count). The molecule has 2 atom stereocenters. The second kappa shape index (κ2) is 7.12. The van der Waals surface area contributed by atoms with Crippen LogP contribution >= 0.6 is 11.8 Å². The number of hydrogen-bond donors (Lipinski definition) is 2. The van der Waals surface area contributed by atoms with Crippen LogP contribution in [0, 0.1) is 0 Å². The minimum absolute atomic E-state index is 0.0869. The summed E-state index contributed by atoms with van der Waals surface area (Å²) in [5.74, 6) is 1.14. The molecule has 1 aliphatic rings. The van der Waals surface area contributed by atoms with Gasteiger partial charge in [-0.05, 0) is 45.4 Å². The van der Waals surface area contributed by atoms with Crippen molar-refractivity contribution >= 4 is 21.8 Å². The smallest absolute Gasteiger partial charge is 0.215 e. The van der Waals surface area contributed by atoms with E-state index < -0.39 is 10.0 Å². The van der Waals surface area contributed by atoms with E-state index in [1.54, 1.807) is 6.92 Å². The third-order valence-electron chi connectivity index (χ3n) is 3.34. The van der Waals surface area contributed by atoms with E-state index in [2.05, 4.69) is 23.9 Å². The normalized spacial score (nSPS) is 26.4. The van der Waals surface area contributed by atoms with E-state index in [-0.39, 0.29) is 10.00 Å². The Balaban J connectivity index is 2.38. The molecule has 0 aromatic rings. The summed E-state index contributed by atoms with van der Waals surface area (Å²) in [6.45, 7) is 7.92. The molecule has 18 heavy (non-hydrogen) atoms. The fourth-order valence-corrected chi connectivity index (χ4v) is 4.44. The van der Waals surface area contributed by atoms with Crippen LogP contribution in [0.2, 0.25) is 0 Å². The van der Waals surface area contributed by atoms with Crippen LogP contribution in [0.25, 0.3) is 0 Å². The highest BCUT2D eigenvalue weighted by atomic mass is 32.2. The number of sulfonamides is 1. The Morgan fingerprint density at radius 3 is 2.72 bits per heavy atom. The van der Waals surface area contributed by atoms with E-state index in [1.165, 1.54) is 6.42 Å². The molecular formula is C12H26N2O2S2. The van der Waals surface area contributed by atoms with Gasteiger partial charge in [0.1, 0.15) is 0 Å². The summed E-state index contributed by atoms with van der Waals surface area (Å²) in [5, 5.41) is 2.78. The van der Waals surface area contributed by atoms with Gasteiger partial charge in [-0.1, -0.05) is 6.92 Å². The molecule has 0 radical (unpaired) electrons. The quantitative estimate of drug-likeness (QED) is 0.667. The van der Waals surface area contributed by atoms with Crippen LogP contribution in [-0.2, 0) is 10.0 Å². The fourth-order valence-electron chi connectivity index (χ4n) is 1.96. The van der Waals surface area contributed by atoms with E-state index in [4.69, 9.17) is 0 Å². The van der Waals surface area contributed by atoms with Crippen molar-refractivity contribution in [2.75, 3.05) is 25.4 Å². The van der Waals surface area contributed by atoms with E-state index in [0.29, 0.717) is 13.1 Å². The van der Waals surface area contributed by atoms with Gasteiger partial charge in [-0.2, -0.15) is 11.8 Å². The summed E-state index contributed by atoms with van der Waals surface area (Å²) >= 11 is 1.88. The zero-order valence-corrected chi connectivity index (χ0v) is 13.3. The van der Waals surface area contributed by atoms with Crippen molar-refractivity contribution in [1.29, 1.82) is 0 Å². The molecule has 0 amide bonds. The molecule has 0 aromatic heterocycles. The average Bonchev–Trinajstić information content (AvgIpc) is 2.75. The van der Waals surface area contributed by atoms with E-state index >= 15 is 0 Å². The van der Waals surface area contributed by atoms with Gasteiger partial charge >= 0.3 is 0 Å². The van der Waals surface area contributed by atoms with E-state index in [0.717, 1.165) is 25.1 Å². The first-order valence-electron chi connectivity index (χ1n) is 6.73. The second-order valence-corrected chi connectivity index (χ2v) is 9.15. The molecule has 2 N–H and O–H groups in total. The van der Waals surface area contributed by atoms with Crippen molar-refractivity contribution in [3.8, 4) is 0 Å². The molecule has 1 aliphatic heterocycles. The van der Waals surface area contributed by atoms with Gasteiger partial charge in [0, 0.05) is 17.8 Å². The van der Waals surface area contributed by atoms with Crippen LogP contribution in [0.4, 0.5) is 0 Å². The number of nitrogens with one attached hydrogen (secondary N) is 2. The second-order valence-electron chi connectivity index (χ2n) is 5.28. The Kier molecular flexibility index (Phi) is 6.44. The van der Waals surface area contributed by atoms with Crippen LogP contribution in [0.15, 0.2) is 0 Å². The SMILES string of the molecule is CCCNCC(C)S(=O)(=O)NCC1(C)CCCS1. The van der Waals surface area contributed by atoms with Crippen LogP contribution in [0.3, 0.4) is 0 Å². The van der Waals surface area contributed by atoms with E-state index in [1.807, 2.05) is 11.8 Å². The Labute approximate surface area is 116 Å². The highest BCUT2D eigenvalue weighted by Gasteiger charge is 2.31. The maximum atomic E-state index is 12.1. The topological polar surface area (TPSA) is 58.2 Å². The van der Waals surface area contributed by atoms with Crippen molar-refractivity contribution in [3.63, 3.8) is 0 Å². The highest BCUT2D eigenvalue weighted by molar-refractivity contribution is 8.01. The zero-order valence-electron chi connectivity index (χ0n) is 11.7. The lowest BCUT2D eigenvalue weighted by atomic mass is 10.1. The summed E-state index contributed by atoms with van der Waals surface area (Å²) in [4.78, 5) is 0. The Morgan fingerprint density at radius 1 is 1.44 bits per heavy atom. The molecule has 1 heterocycles. The minimum atomic E-state index is -3.19. The number of rotatable bonds is 8. The Hall–Kier alpha value is 0.220. The maximum absolute atomic E-state index is 12.1. The van der Waals surface area contributed by atoms with Crippen LogP contribution < -0.4 is 10.0 Å².